The first kappa shape index (κ1) is 13.3. The van der Waals surface area contributed by atoms with Gasteiger partial charge in [-0.2, -0.15) is 0 Å². The third kappa shape index (κ3) is 2.80. The summed E-state index contributed by atoms with van der Waals surface area (Å²) < 4.78 is 5.34. The van der Waals surface area contributed by atoms with Gasteiger partial charge in [-0.15, -0.1) is 11.3 Å². The molecule has 6 nitrogen and oxygen atoms in total. The minimum atomic E-state index is -0.675. The Morgan fingerprint density at radius 3 is 3.00 bits per heavy atom. The molecule has 1 fully saturated rings. The Morgan fingerprint density at radius 1 is 1.56 bits per heavy atom. The summed E-state index contributed by atoms with van der Waals surface area (Å²) in [7, 11) is 0. The van der Waals surface area contributed by atoms with Crippen LogP contribution in [-0.4, -0.2) is 36.3 Å². The lowest BCUT2D eigenvalue weighted by Gasteiger charge is -2.18. The van der Waals surface area contributed by atoms with Crippen LogP contribution < -0.4 is 4.90 Å². The molecule has 18 heavy (non-hydrogen) atoms. The second-order valence-corrected chi connectivity index (χ2v) is 5.29. The lowest BCUT2D eigenvalue weighted by Crippen LogP contribution is -2.25. The molecule has 0 aliphatic carbocycles. The van der Waals surface area contributed by atoms with Crippen LogP contribution in [0.5, 0.6) is 0 Å². The van der Waals surface area contributed by atoms with Gasteiger partial charge < -0.3 is 14.7 Å². The van der Waals surface area contributed by atoms with Crippen molar-refractivity contribution in [1.82, 2.24) is 0 Å². The van der Waals surface area contributed by atoms with Crippen molar-refractivity contribution in [2.45, 2.75) is 19.4 Å². The van der Waals surface area contributed by atoms with Crippen molar-refractivity contribution >= 4 is 22.0 Å². The van der Waals surface area contributed by atoms with Gasteiger partial charge in [-0.25, -0.2) is 0 Å². The van der Waals surface area contributed by atoms with Gasteiger partial charge >= 0.3 is 5.69 Å². The number of aliphatic hydroxyl groups is 1. The van der Waals surface area contributed by atoms with Crippen LogP contribution in [-0.2, 0) is 4.74 Å². The Balaban J connectivity index is 2.31. The van der Waals surface area contributed by atoms with E-state index in [2.05, 4.69) is 0 Å². The van der Waals surface area contributed by atoms with Gasteiger partial charge in [-0.05, 0) is 13.3 Å². The highest BCUT2D eigenvalue weighted by molar-refractivity contribution is 7.16. The van der Waals surface area contributed by atoms with E-state index < -0.39 is 6.10 Å². The van der Waals surface area contributed by atoms with E-state index in [4.69, 9.17) is 4.74 Å². The largest absolute Gasteiger partial charge is 0.388 e. The Bertz CT molecular complexity index is 425. The highest BCUT2D eigenvalue weighted by atomic mass is 32.1. The maximum Gasteiger partial charge on any atom is 0.304 e. The van der Waals surface area contributed by atoms with E-state index in [9.17, 15) is 15.2 Å². The first-order valence-electron chi connectivity index (χ1n) is 5.88. The fraction of sp³-hybridized carbons (Fsp3) is 0.636. The quantitative estimate of drug-likeness (QED) is 0.672. The van der Waals surface area contributed by atoms with Crippen LogP contribution in [0.1, 0.15) is 24.3 Å². The molecule has 0 unspecified atom stereocenters. The number of hydrogen-bond donors (Lipinski definition) is 1. The molecule has 1 aromatic heterocycles. The Kier molecular flexibility index (Phi) is 4.15. The number of nitro groups is 1. The van der Waals surface area contributed by atoms with Crippen LogP contribution in [0.3, 0.4) is 0 Å². The van der Waals surface area contributed by atoms with E-state index >= 15 is 0 Å². The van der Waals surface area contributed by atoms with Gasteiger partial charge in [0.15, 0.2) is 5.00 Å². The molecular weight excluding hydrogens is 256 g/mol. The molecule has 100 valence electrons. The summed E-state index contributed by atoms with van der Waals surface area (Å²) >= 11 is 1.29. The van der Waals surface area contributed by atoms with Crippen molar-refractivity contribution in [3.63, 3.8) is 0 Å². The fourth-order valence-corrected chi connectivity index (χ4v) is 3.02. The first-order valence-corrected chi connectivity index (χ1v) is 6.70. The summed E-state index contributed by atoms with van der Waals surface area (Å²) in [6.07, 6.45) is 0.185. The van der Waals surface area contributed by atoms with Crippen molar-refractivity contribution in [3.05, 3.63) is 21.1 Å². The molecule has 0 radical (unpaired) electrons. The zero-order valence-corrected chi connectivity index (χ0v) is 11.0. The molecule has 2 rings (SSSR count). The zero-order chi connectivity index (χ0) is 13.1. The molecule has 0 amide bonds. The molecule has 2 heterocycles. The predicted molar refractivity (Wildman–Crippen MR) is 69.3 cm³/mol. The van der Waals surface area contributed by atoms with E-state index in [1.807, 2.05) is 4.90 Å². The van der Waals surface area contributed by atoms with E-state index in [1.54, 1.807) is 6.92 Å². The highest BCUT2D eigenvalue weighted by Gasteiger charge is 2.25. The molecule has 0 aromatic carbocycles. The number of hydrogen-bond acceptors (Lipinski definition) is 6. The zero-order valence-electron chi connectivity index (χ0n) is 10.2. The van der Waals surface area contributed by atoms with Crippen molar-refractivity contribution in [1.29, 1.82) is 0 Å². The monoisotopic (exact) mass is 272 g/mol. The summed E-state index contributed by atoms with van der Waals surface area (Å²) in [5, 5.41) is 21.2. The number of thiophene rings is 1. The number of anilines is 1. The van der Waals surface area contributed by atoms with Crippen molar-refractivity contribution in [2.75, 3.05) is 31.2 Å². The molecule has 1 N–H and O–H groups in total. The predicted octanol–water partition coefficient (Wildman–Crippen LogP) is 1.94. The SMILES string of the molecule is C[C@H](O)c1cc([N+](=O)[O-])c(N2CCCOCC2)s1. The second-order valence-electron chi connectivity index (χ2n) is 4.23. The summed E-state index contributed by atoms with van der Waals surface area (Å²) in [6.45, 7) is 4.30. The van der Waals surface area contributed by atoms with Gasteiger partial charge in [0.25, 0.3) is 0 Å². The smallest absolute Gasteiger partial charge is 0.304 e. The van der Waals surface area contributed by atoms with Gasteiger partial charge in [-0.3, -0.25) is 10.1 Å². The molecule has 0 bridgehead atoms. The minimum Gasteiger partial charge on any atom is -0.388 e. The first-order chi connectivity index (χ1) is 8.59. The van der Waals surface area contributed by atoms with Crippen LogP contribution >= 0.6 is 11.3 Å². The second kappa shape index (κ2) is 5.64. The summed E-state index contributed by atoms with van der Waals surface area (Å²) in [5.41, 5.74) is 0.0813. The maximum absolute atomic E-state index is 11.1. The number of ether oxygens (including phenoxy) is 1. The van der Waals surface area contributed by atoms with E-state index in [1.165, 1.54) is 17.4 Å². The topological polar surface area (TPSA) is 75.8 Å². The molecule has 1 saturated heterocycles. The molecule has 1 aliphatic heterocycles. The Morgan fingerprint density at radius 2 is 2.33 bits per heavy atom. The molecule has 1 aromatic rings. The van der Waals surface area contributed by atoms with Gasteiger partial charge in [0, 0.05) is 30.6 Å². The van der Waals surface area contributed by atoms with E-state index in [0.29, 0.717) is 29.6 Å². The van der Waals surface area contributed by atoms with Gasteiger partial charge in [0.1, 0.15) is 0 Å². The summed E-state index contributed by atoms with van der Waals surface area (Å²) in [6, 6.07) is 1.47. The van der Waals surface area contributed by atoms with Crippen molar-refractivity contribution in [2.24, 2.45) is 0 Å². The van der Waals surface area contributed by atoms with E-state index in [-0.39, 0.29) is 10.6 Å². The van der Waals surface area contributed by atoms with Crippen LogP contribution in [0, 0.1) is 10.1 Å². The number of aliphatic hydroxyl groups excluding tert-OH is 1. The maximum atomic E-state index is 11.1. The lowest BCUT2D eigenvalue weighted by molar-refractivity contribution is -0.383. The normalized spacial score (nSPS) is 18.4. The van der Waals surface area contributed by atoms with Gasteiger partial charge in [0.05, 0.1) is 17.6 Å². The van der Waals surface area contributed by atoms with Gasteiger partial charge in [-0.1, -0.05) is 0 Å². The molecule has 1 atom stereocenters. The van der Waals surface area contributed by atoms with E-state index in [0.717, 1.165) is 13.0 Å². The fourth-order valence-electron chi connectivity index (χ4n) is 1.90. The average molecular weight is 272 g/mol. The molecule has 0 spiro atoms. The highest BCUT2D eigenvalue weighted by Crippen LogP contribution is 2.40. The van der Waals surface area contributed by atoms with Crippen LogP contribution in [0.2, 0.25) is 0 Å². The molecule has 1 aliphatic rings. The summed E-state index contributed by atoms with van der Waals surface area (Å²) in [5.74, 6) is 0. The average Bonchev–Trinajstić information content (AvgIpc) is 2.59. The minimum absolute atomic E-state index is 0.0813. The van der Waals surface area contributed by atoms with Crippen LogP contribution in [0.15, 0.2) is 6.07 Å². The summed E-state index contributed by atoms with van der Waals surface area (Å²) in [4.78, 5) is 13.3. The number of nitrogens with zero attached hydrogens (tertiary/aromatic N) is 2. The standard InChI is InChI=1S/C11H16N2O4S/c1-8(14)10-7-9(13(15)16)11(18-10)12-3-2-5-17-6-4-12/h7-8,14H,2-6H2,1H3/t8-/m0/s1. The van der Waals surface area contributed by atoms with Crippen LogP contribution in [0.25, 0.3) is 0 Å². The lowest BCUT2D eigenvalue weighted by atomic mass is 10.3. The Hall–Kier alpha value is -1.18. The van der Waals surface area contributed by atoms with Crippen LogP contribution in [0.4, 0.5) is 10.7 Å². The van der Waals surface area contributed by atoms with Crippen molar-refractivity contribution in [3.8, 4) is 0 Å². The molecule has 0 saturated carbocycles. The third-order valence-electron chi connectivity index (χ3n) is 2.83. The third-order valence-corrected chi connectivity index (χ3v) is 4.19. The van der Waals surface area contributed by atoms with Gasteiger partial charge in [0.2, 0.25) is 0 Å². The molecule has 7 heteroatoms. The Labute approximate surface area is 109 Å². The molecular formula is C11H16N2O4S. The number of rotatable bonds is 3. The van der Waals surface area contributed by atoms with Crippen molar-refractivity contribution < 1.29 is 14.8 Å².